The number of imide groups is 1. The minimum absolute atomic E-state index is 0.164. The summed E-state index contributed by atoms with van der Waals surface area (Å²) in [5.41, 5.74) is -0.657. The van der Waals surface area contributed by atoms with Crippen molar-refractivity contribution in [1.82, 2.24) is 10.2 Å². The molecule has 0 saturated carbocycles. The first-order chi connectivity index (χ1) is 10.2. The maximum Gasteiger partial charge on any atom is 0.325 e. The minimum atomic E-state index is -3.26. The van der Waals surface area contributed by atoms with Crippen LogP contribution in [0.15, 0.2) is 24.3 Å². The number of rotatable bonds is 5. The molecule has 0 aliphatic carbocycles. The zero-order valence-corrected chi connectivity index (χ0v) is 13.4. The van der Waals surface area contributed by atoms with Gasteiger partial charge in [-0.2, -0.15) is 0 Å². The highest BCUT2D eigenvalue weighted by Crippen LogP contribution is 2.30. The van der Waals surface area contributed by atoms with E-state index in [0.29, 0.717) is 11.3 Å². The first-order valence-corrected chi connectivity index (χ1v) is 8.70. The number of urea groups is 1. The van der Waals surface area contributed by atoms with Crippen molar-refractivity contribution < 1.29 is 22.7 Å². The van der Waals surface area contributed by atoms with Gasteiger partial charge in [0.15, 0.2) is 0 Å². The van der Waals surface area contributed by atoms with Crippen molar-refractivity contribution in [3.63, 3.8) is 0 Å². The van der Waals surface area contributed by atoms with E-state index in [9.17, 15) is 18.0 Å². The Balaban J connectivity index is 2.29. The maximum atomic E-state index is 12.6. The summed E-state index contributed by atoms with van der Waals surface area (Å²) in [5, 5.41) is 2.62. The minimum Gasteiger partial charge on any atom is -0.497 e. The van der Waals surface area contributed by atoms with Crippen LogP contribution in [-0.2, 0) is 20.2 Å². The lowest BCUT2D eigenvalue weighted by Gasteiger charge is -2.22. The molecule has 1 aliphatic rings. The number of amides is 3. The molecule has 7 nitrogen and oxygen atoms in total. The fourth-order valence-electron chi connectivity index (χ4n) is 2.29. The Bertz CT molecular complexity index is 716. The summed E-state index contributed by atoms with van der Waals surface area (Å²) in [6.07, 6.45) is 1.06. The molecule has 120 valence electrons. The van der Waals surface area contributed by atoms with Gasteiger partial charge < -0.3 is 10.1 Å². The number of carbonyl (C=O) groups is 2. The molecule has 1 aromatic carbocycles. The van der Waals surface area contributed by atoms with Crippen molar-refractivity contribution in [3.8, 4) is 5.75 Å². The van der Waals surface area contributed by atoms with Crippen LogP contribution in [0, 0.1) is 0 Å². The molecule has 0 radical (unpaired) electrons. The van der Waals surface area contributed by atoms with Crippen LogP contribution in [-0.4, -0.2) is 50.9 Å². The van der Waals surface area contributed by atoms with E-state index in [2.05, 4.69) is 5.32 Å². The Morgan fingerprint density at radius 1 is 1.32 bits per heavy atom. The number of nitrogens with zero attached hydrogens (tertiary/aromatic N) is 1. The van der Waals surface area contributed by atoms with E-state index in [4.69, 9.17) is 4.74 Å². The Kier molecular flexibility index (Phi) is 4.15. The molecule has 1 N–H and O–H groups in total. The maximum absolute atomic E-state index is 12.6. The van der Waals surface area contributed by atoms with Crippen molar-refractivity contribution >= 4 is 21.8 Å². The van der Waals surface area contributed by atoms with Crippen molar-refractivity contribution in [3.05, 3.63) is 29.8 Å². The number of nitrogens with one attached hydrogen (secondary N) is 1. The van der Waals surface area contributed by atoms with Gasteiger partial charge in [-0.15, -0.1) is 0 Å². The van der Waals surface area contributed by atoms with Crippen LogP contribution in [0.2, 0.25) is 0 Å². The van der Waals surface area contributed by atoms with Crippen LogP contribution in [0.3, 0.4) is 0 Å². The molecule has 8 heteroatoms. The summed E-state index contributed by atoms with van der Waals surface area (Å²) in [4.78, 5) is 25.5. The Morgan fingerprint density at radius 2 is 2.00 bits per heavy atom. The fraction of sp³-hybridized carbons (Fsp3) is 0.429. The molecule has 3 amide bonds. The van der Waals surface area contributed by atoms with Gasteiger partial charge in [0.2, 0.25) is 0 Å². The van der Waals surface area contributed by atoms with Crippen LogP contribution in [0.25, 0.3) is 0 Å². The van der Waals surface area contributed by atoms with Crippen LogP contribution in [0.1, 0.15) is 12.5 Å². The van der Waals surface area contributed by atoms with Gasteiger partial charge in [0, 0.05) is 12.8 Å². The molecule has 1 heterocycles. The molecule has 0 spiro atoms. The molecule has 1 atom stereocenters. The summed E-state index contributed by atoms with van der Waals surface area (Å²) in [7, 11) is -1.76. The van der Waals surface area contributed by atoms with E-state index < -0.39 is 27.3 Å². The van der Waals surface area contributed by atoms with E-state index in [1.165, 1.54) is 7.11 Å². The third-order valence-corrected chi connectivity index (χ3v) is 4.53. The van der Waals surface area contributed by atoms with Gasteiger partial charge in [0.1, 0.15) is 21.1 Å². The van der Waals surface area contributed by atoms with Crippen molar-refractivity contribution in [2.45, 2.75) is 12.5 Å². The SMILES string of the molecule is COc1cccc([C@@]2(C)NC(=O)N(CCS(C)(=O)=O)C2=O)c1. The van der Waals surface area contributed by atoms with Crippen LogP contribution >= 0.6 is 0 Å². The van der Waals surface area contributed by atoms with E-state index in [-0.39, 0.29) is 12.3 Å². The lowest BCUT2D eigenvalue weighted by atomic mass is 9.92. The van der Waals surface area contributed by atoms with Crippen molar-refractivity contribution in [1.29, 1.82) is 0 Å². The monoisotopic (exact) mass is 326 g/mol. The first kappa shape index (κ1) is 16.3. The van der Waals surface area contributed by atoms with E-state index >= 15 is 0 Å². The zero-order chi connectivity index (χ0) is 16.5. The van der Waals surface area contributed by atoms with Crippen LogP contribution in [0.5, 0.6) is 5.75 Å². The van der Waals surface area contributed by atoms with Gasteiger partial charge in [0.25, 0.3) is 5.91 Å². The normalized spacial score (nSPS) is 21.9. The lowest BCUT2D eigenvalue weighted by molar-refractivity contribution is -0.130. The molecule has 1 aliphatic heterocycles. The van der Waals surface area contributed by atoms with Crippen LogP contribution in [0.4, 0.5) is 4.79 Å². The van der Waals surface area contributed by atoms with Gasteiger partial charge in [-0.25, -0.2) is 13.2 Å². The van der Waals surface area contributed by atoms with E-state index in [1.807, 2.05) is 0 Å². The predicted octanol–water partition coefficient (Wildman–Crippen LogP) is 0.507. The molecule has 0 bridgehead atoms. The quantitative estimate of drug-likeness (QED) is 0.796. The Hall–Kier alpha value is -2.09. The van der Waals surface area contributed by atoms with E-state index in [1.54, 1.807) is 31.2 Å². The molecule has 1 saturated heterocycles. The first-order valence-electron chi connectivity index (χ1n) is 6.64. The second-order valence-corrected chi connectivity index (χ2v) is 7.63. The average molecular weight is 326 g/mol. The van der Waals surface area contributed by atoms with Gasteiger partial charge in [-0.3, -0.25) is 9.69 Å². The molecule has 1 fully saturated rings. The van der Waals surface area contributed by atoms with Crippen molar-refractivity contribution in [2.24, 2.45) is 0 Å². The average Bonchev–Trinajstić information content (AvgIpc) is 2.67. The van der Waals surface area contributed by atoms with E-state index in [0.717, 1.165) is 11.2 Å². The zero-order valence-electron chi connectivity index (χ0n) is 12.6. The number of sulfone groups is 1. The number of hydrogen-bond acceptors (Lipinski definition) is 5. The topological polar surface area (TPSA) is 92.8 Å². The van der Waals surface area contributed by atoms with Gasteiger partial charge in [0.05, 0.1) is 12.9 Å². The largest absolute Gasteiger partial charge is 0.497 e. The standard InChI is InChI=1S/C14H18N2O5S/c1-14(10-5-4-6-11(9-10)21-2)12(17)16(13(18)15-14)7-8-22(3,19)20/h4-6,9H,7-8H2,1-3H3,(H,15,18)/t14-/m1/s1. The number of hydrogen-bond donors (Lipinski definition) is 1. The summed E-state index contributed by atoms with van der Waals surface area (Å²) in [6.45, 7) is 1.42. The molecule has 0 aromatic heterocycles. The molecule has 0 unspecified atom stereocenters. The smallest absolute Gasteiger partial charge is 0.325 e. The highest BCUT2D eigenvalue weighted by molar-refractivity contribution is 7.90. The second kappa shape index (κ2) is 5.60. The summed E-state index contributed by atoms with van der Waals surface area (Å²) < 4.78 is 27.6. The van der Waals surface area contributed by atoms with Gasteiger partial charge in [-0.05, 0) is 24.6 Å². The molecular formula is C14H18N2O5S. The molecule has 2 rings (SSSR count). The van der Waals surface area contributed by atoms with Crippen LogP contribution < -0.4 is 10.1 Å². The van der Waals surface area contributed by atoms with Crippen molar-refractivity contribution in [2.75, 3.05) is 25.7 Å². The Labute approximate surface area is 129 Å². The lowest BCUT2D eigenvalue weighted by Crippen LogP contribution is -2.41. The third kappa shape index (κ3) is 3.06. The summed E-state index contributed by atoms with van der Waals surface area (Å²) in [5.74, 6) is -0.176. The molecule has 1 aromatic rings. The highest BCUT2D eigenvalue weighted by Gasteiger charge is 2.49. The number of methoxy groups -OCH3 is 1. The second-order valence-electron chi connectivity index (χ2n) is 5.37. The third-order valence-electron chi connectivity index (χ3n) is 3.61. The number of carbonyl (C=O) groups excluding carboxylic acids is 2. The highest BCUT2D eigenvalue weighted by atomic mass is 32.2. The number of benzene rings is 1. The molecular weight excluding hydrogens is 308 g/mol. The summed E-state index contributed by atoms with van der Waals surface area (Å²) >= 11 is 0. The number of ether oxygens (including phenoxy) is 1. The predicted molar refractivity (Wildman–Crippen MR) is 80.3 cm³/mol. The van der Waals surface area contributed by atoms with Gasteiger partial charge in [-0.1, -0.05) is 12.1 Å². The van der Waals surface area contributed by atoms with Gasteiger partial charge >= 0.3 is 6.03 Å². The Morgan fingerprint density at radius 3 is 2.59 bits per heavy atom. The fourth-order valence-corrected chi connectivity index (χ4v) is 2.80. The summed E-state index contributed by atoms with van der Waals surface area (Å²) in [6, 6.07) is 6.23. The molecule has 22 heavy (non-hydrogen) atoms.